The van der Waals surface area contributed by atoms with E-state index in [1.165, 1.54) is 22.3 Å². The van der Waals surface area contributed by atoms with E-state index in [1.54, 1.807) is 0 Å². The zero-order chi connectivity index (χ0) is 25.5. The smallest absolute Gasteiger partial charge is 0.255 e. The second kappa shape index (κ2) is 10.2. The van der Waals surface area contributed by atoms with Crippen LogP contribution in [0.1, 0.15) is 11.1 Å². The van der Waals surface area contributed by atoms with E-state index >= 15 is 0 Å². The molecule has 1 heterocycles. The Kier molecular flexibility index (Phi) is 6.83. The number of nitrogens with zero attached hydrogens (tertiary/aromatic N) is 2. The van der Waals surface area contributed by atoms with Crippen molar-refractivity contribution in [2.75, 3.05) is 38.0 Å². The van der Waals surface area contributed by atoms with Gasteiger partial charge in [0.15, 0.2) is 11.5 Å². The Balaban J connectivity index is 0.00000294. The maximum atomic E-state index is 6.46. The molecule has 4 nitrogen and oxygen atoms in total. The monoisotopic (exact) mass is 519 g/mol. The Labute approximate surface area is 229 Å². The van der Waals surface area contributed by atoms with E-state index in [-0.39, 0.29) is 12.4 Å². The summed E-state index contributed by atoms with van der Waals surface area (Å²) >= 11 is 0. The van der Waals surface area contributed by atoms with Gasteiger partial charge in [0.1, 0.15) is 0 Å². The molecular formula is C33H30ClN3O. The first-order valence-electron chi connectivity index (χ1n) is 12.5. The van der Waals surface area contributed by atoms with Crippen LogP contribution in [0, 0.1) is 0 Å². The Hall–Kier alpha value is -4.28. The van der Waals surface area contributed by atoms with E-state index in [0.29, 0.717) is 0 Å². The minimum absolute atomic E-state index is 0. The number of nitrogens with one attached hydrogen (secondary N) is 1. The first-order chi connectivity index (χ1) is 18.0. The van der Waals surface area contributed by atoms with Gasteiger partial charge in [0.25, 0.3) is 5.36 Å². The number of ether oxygens (including phenoxy) is 1. The quantitative estimate of drug-likeness (QED) is 0.381. The molecule has 0 spiro atoms. The van der Waals surface area contributed by atoms with Crippen LogP contribution in [-0.2, 0) is 0 Å². The number of hydrogen-bond donors (Lipinski definition) is 1. The number of rotatable bonds is 4. The molecule has 38 heavy (non-hydrogen) atoms. The van der Waals surface area contributed by atoms with E-state index in [2.05, 4.69) is 128 Å². The lowest BCUT2D eigenvalue weighted by Crippen LogP contribution is -3.00. The minimum Gasteiger partial charge on any atom is -1.00 e. The maximum absolute atomic E-state index is 6.46. The molecule has 5 aromatic rings. The standard InChI is InChI=1S/C33H29N3O.ClH/c1-35(2)24-17-13-22(14-18-24)32(23-15-19-25(20-16-23)36(3)4)28-21-31-33(27-10-6-5-9-26(27)28)34-29-11-7-8-12-30(29)37-31;/h5-21H,1-4H3;1H. The van der Waals surface area contributed by atoms with Gasteiger partial charge in [-0.1, -0.05) is 54.6 Å². The normalized spacial score (nSPS) is 11.4. The van der Waals surface area contributed by atoms with Gasteiger partial charge < -0.3 is 26.9 Å². The summed E-state index contributed by atoms with van der Waals surface area (Å²) in [6.07, 6.45) is 0. The summed E-state index contributed by atoms with van der Waals surface area (Å²) < 4.78 is 6.46. The summed E-state index contributed by atoms with van der Waals surface area (Å²) in [7, 11) is 8.27. The third kappa shape index (κ3) is 4.48. The maximum Gasteiger partial charge on any atom is 0.255 e. The van der Waals surface area contributed by atoms with Crippen molar-refractivity contribution in [3.63, 3.8) is 0 Å². The molecule has 5 aromatic carbocycles. The van der Waals surface area contributed by atoms with Crippen LogP contribution in [0.3, 0.4) is 0 Å². The fourth-order valence-electron chi connectivity index (χ4n) is 5.01. The fraction of sp³-hybridized carbons (Fsp3) is 0.121. The number of para-hydroxylation sites is 2. The van der Waals surface area contributed by atoms with E-state index in [9.17, 15) is 0 Å². The predicted octanol–water partition coefficient (Wildman–Crippen LogP) is 1.36. The van der Waals surface area contributed by atoms with E-state index in [1.807, 2.05) is 18.2 Å². The molecule has 0 aromatic heterocycles. The van der Waals surface area contributed by atoms with Crippen LogP contribution >= 0.6 is 0 Å². The molecule has 0 saturated heterocycles. The Morgan fingerprint density at radius 3 is 1.71 bits per heavy atom. The van der Waals surface area contributed by atoms with Crippen LogP contribution in [0.5, 0.6) is 11.5 Å². The van der Waals surface area contributed by atoms with Gasteiger partial charge in [0.05, 0.1) is 5.39 Å². The molecule has 0 amide bonds. The summed E-state index contributed by atoms with van der Waals surface area (Å²) in [5, 5.41) is 4.46. The highest BCUT2D eigenvalue weighted by molar-refractivity contribution is 5.91. The first kappa shape index (κ1) is 25.4. The van der Waals surface area contributed by atoms with Gasteiger partial charge in [-0.25, -0.2) is 0 Å². The average molecular weight is 520 g/mol. The van der Waals surface area contributed by atoms with Crippen molar-refractivity contribution in [2.45, 2.75) is 0 Å². The summed E-state index contributed by atoms with van der Waals surface area (Å²) in [5.74, 6) is 1.67. The van der Waals surface area contributed by atoms with Gasteiger partial charge in [0.2, 0.25) is 5.69 Å². The molecule has 0 saturated carbocycles. The van der Waals surface area contributed by atoms with Crippen molar-refractivity contribution in [1.29, 1.82) is 0 Å². The Bertz CT molecular complexity index is 1690. The van der Waals surface area contributed by atoms with Gasteiger partial charge in [-0.15, -0.1) is 0 Å². The third-order valence-electron chi connectivity index (χ3n) is 6.99. The molecule has 6 rings (SSSR count). The second-order valence-electron chi connectivity index (χ2n) is 9.82. The molecule has 1 N–H and O–H groups in total. The highest BCUT2D eigenvalue weighted by atomic mass is 35.5. The second-order valence-corrected chi connectivity index (χ2v) is 9.82. The lowest BCUT2D eigenvalue weighted by atomic mass is 9.92. The third-order valence-corrected chi connectivity index (χ3v) is 6.99. The van der Waals surface area contributed by atoms with E-state index in [0.717, 1.165) is 44.3 Å². The molecular weight excluding hydrogens is 490 g/mol. The summed E-state index contributed by atoms with van der Waals surface area (Å²) in [6, 6.07) is 36.4. The van der Waals surface area contributed by atoms with Crippen molar-refractivity contribution in [3.8, 4) is 11.5 Å². The van der Waals surface area contributed by atoms with Crippen molar-refractivity contribution >= 4 is 33.4 Å². The number of anilines is 2. The topological polar surface area (TPSA) is 29.7 Å². The van der Waals surface area contributed by atoms with Gasteiger partial charge in [-0.05, 0) is 69.8 Å². The zero-order valence-corrected chi connectivity index (χ0v) is 22.8. The predicted molar refractivity (Wildman–Crippen MR) is 153 cm³/mol. The molecule has 0 unspecified atom stereocenters. The SMILES string of the molecule is CN(C)c1ccc(C(c2ccc(N(C)C)cc2)=c2cc3c(c4ccccc24)=[NH+]c2ccccc2O3)cc1.[Cl-]. The summed E-state index contributed by atoms with van der Waals surface area (Å²) in [4.78, 5) is 7.87. The molecule has 1 aliphatic rings. The number of hydrogen-bond acceptors (Lipinski definition) is 3. The molecule has 0 radical (unpaired) electrons. The van der Waals surface area contributed by atoms with Gasteiger partial charge in [-0.3, -0.25) is 0 Å². The molecule has 0 aliphatic carbocycles. The highest BCUT2D eigenvalue weighted by Gasteiger charge is 2.21. The lowest BCUT2D eigenvalue weighted by molar-refractivity contribution is -0.405. The van der Waals surface area contributed by atoms with Crippen LogP contribution < -0.4 is 42.5 Å². The van der Waals surface area contributed by atoms with Crippen molar-refractivity contribution < 1.29 is 22.1 Å². The van der Waals surface area contributed by atoms with E-state index in [4.69, 9.17) is 4.74 Å². The molecule has 0 bridgehead atoms. The highest BCUT2D eigenvalue weighted by Crippen LogP contribution is 2.29. The number of halogens is 1. The Morgan fingerprint density at radius 2 is 1.13 bits per heavy atom. The number of benzene rings is 5. The molecule has 190 valence electrons. The fourth-order valence-corrected chi connectivity index (χ4v) is 5.01. The summed E-state index contributed by atoms with van der Waals surface area (Å²) in [5.41, 5.74) is 6.83. The minimum atomic E-state index is 0. The van der Waals surface area contributed by atoms with Gasteiger partial charge in [-0.2, -0.15) is 4.99 Å². The van der Waals surface area contributed by atoms with Gasteiger partial charge >= 0.3 is 0 Å². The first-order valence-corrected chi connectivity index (χ1v) is 12.5. The molecule has 0 fully saturated rings. The molecule has 5 heteroatoms. The van der Waals surface area contributed by atoms with Crippen molar-refractivity contribution in [3.05, 3.63) is 125 Å². The van der Waals surface area contributed by atoms with Crippen LogP contribution in [0.4, 0.5) is 17.1 Å². The van der Waals surface area contributed by atoms with Crippen molar-refractivity contribution in [2.24, 2.45) is 0 Å². The van der Waals surface area contributed by atoms with Gasteiger partial charge in [0, 0.05) is 45.6 Å². The van der Waals surface area contributed by atoms with Crippen LogP contribution in [0.15, 0.2) is 103 Å². The van der Waals surface area contributed by atoms with E-state index < -0.39 is 0 Å². The largest absolute Gasteiger partial charge is 1.00 e. The molecule has 1 aliphatic heterocycles. The average Bonchev–Trinajstić information content (AvgIpc) is 2.93. The lowest BCUT2D eigenvalue weighted by Gasteiger charge is -2.17. The van der Waals surface area contributed by atoms with Crippen molar-refractivity contribution in [1.82, 2.24) is 0 Å². The number of fused-ring (bicyclic) bond motifs is 4. The zero-order valence-electron chi connectivity index (χ0n) is 22.0. The van der Waals surface area contributed by atoms with Crippen LogP contribution in [0.2, 0.25) is 0 Å². The van der Waals surface area contributed by atoms with Crippen LogP contribution in [0.25, 0.3) is 16.3 Å². The van der Waals surface area contributed by atoms with Crippen LogP contribution in [-0.4, -0.2) is 28.2 Å². The molecule has 0 atom stereocenters. The Morgan fingerprint density at radius 1 is 0.605 bits per heavy atom. The summed E-state index contributed by atoms with van der Waals surface area (Å²) in [6.45, 7) is 0.